The van der Waals surface area contributed by atoms with E-state index in [1.807, 2.05) is 0 Å². The molecule has 0 heterocycles. The molecule has 0 aliphatic heterocycles. The van der Waals surface area contributed by atoms with E-state index in [9.17, 15) is 0 Å². The molecular formula is C90H96. The highest BCUT2D eigenvalue weighted by Gasteiger charge is 2.38. The van der Waals surface area contributed by atoms with Gasteiger partial charge in [-0.15, -0.1) is 0 Å². The van der Waals surface area contributed by atoms with Crippen LogP contribution in [-0.4, -0.2) is 0 Å². The molecule has 0 aromatic heterocycles. The maximum Gasteiger partial charge on any atom is 0.0364 e. The van der Waals surface area contributed by atoms with Gasteiger partial charge in [0, 0.05) is 5.92 Å². The smallest absolute Gasteiger partial charge is 0.0364 e. The lowest BCUT2D eigenvalue weighted by Gasteiger charge is -2.23. The van der Waals surface area contributed by atoms with Crippen molar-refractivity contribution in [1.82, 2.24) is 0 Å². The standard InChI is InChI=1S/C90H96/c1-6-11-16-21-66-26-36-71(37-27-66)76-46-56-81(57-47-76)86-87(82-58-48-77(49-59-82)72-38-28-67(29-39-72)22-17-12-7-2)89(84-62-52-79(53-63-84)74-42-32-69(33-43-74)24-19-14-9-4)90(85-64-54-80(55-65-85)75-44-34-70(35-45-75)25-20-15-10-5)88(86)83-60-50-78(51-61-83)73-40-30-68(31-41-73)23-18-13-8-3/h26-65,86H,6-25H2,1-5H3. The molecule has 0 nitrogen and oxygen atoms in total. The van der Waals surface area contributed by atoms with Crippen molar-refractivity contribution in [2.45, 2.75) is 169 Å². The van der Waals surface area contributed by atoms with Crippen LogP contribution in [0.1, 0.15) is 192 Å². The highest BCUT2D eigenvalue weighted by atomic mass is 14.4. The molecular weight excluding hydrogens is 1080 g/mol. The Kier molecular flexibility index (Phi) is 22.4. The van der Waals surface area contributed by atoms with Crippen LogP contribution in [0, 0.1) is 0 Å². The first-order valence-corrected chi connectivity index (χ1v) is 34.9. The predicted octanol–water partition coefficient (Wildman–Crippen LogP) is 26.0. The minimum absolute atomic E-state index is 0.105. The maximum atomic E-state index is 2.44. The topological polar surface area (TPSA) is 0 Å². The zero-order chi connectivity index (χ0) is 61.9. The van der Waals surface area contributed by atoms with Crippen molar-refractivity contribution in [1.29, 1.82) is 0 Å². The van der Waals surface area contributed by atoms with Gasteiger partial charge in [0.05, 0.1) is 0 Å². The molecule has 90 heavy (non-hydrogen) atoms. The Morgan fingerprint density at radius 2 is 0.344 bits per heavy atom. The molecule has 0 saturated carbocycles. The zero-order valence-electron chi connectivity index (χ0n) is 54.8. The molecule has 0 spiro atoms. The van der Waals surface area contributed by atoms with E-state index < -0.39 is 0 Å². The van der Waals surface area contributed by atoms with Crippen LogP contribution in [0.2, 0.25) is 0 Å². The number of aryl methyl sites for hydroxylation is 5. The Labute approximate surface area is 542 Å². The number of benzene rings is 10. The SMILES string of the molecule is CCCCCc1ccc(-c2ccc(C3=C(c4ccc(-c5ccc(CCCCC)cc5)cc4)C(c4ccc(-c5ccc(CCCCC)cc5)cc4)C(c4ccc(-c5ccc(CCCCC)cc5)cc4)=C3c3ccc(-c4ccc(CCCCC)cc4)cc3)cc2)cc1. The summed E-state index contributed by atoms with van der Waals surface area (Å²) in [5, 5.41) is 0. The largest absolute Gasteiger partial charge is 0.0654 e. The molecule has 0 bridgehead atoms. The molecule has 0 saturated heterocycles. The van der Waals surface area contributed by atoms with Gasteiger partial charge < -0.3 is 0 Å². The highest BCUT2D eigenvalue weighted by molar-refractivity contribution is 6.30. The van der Waals surface area contributed by atoms with Crippen molar-refractivity contribution < 1.29 is 0 Å². The first-order valence-electron chi connectivity index (χ1n) is 34.9. The minimum atomic E-state index is -0.105. The molecule has 10 aromatic rings. The first kappa shape index (κ1) is 63.3. The van der Waals surface area contributed by atoms with E-state index in [2.05, 4.69) is 277 Å². The molecule has 0 fully saturated rings. The Hall–Kier alpha value is -8.32. The van der Waals surface area contributed by atoms with Gasteiger partial charge in [-0.3, -0.25) is 0 Å². The highest BCUT2D eigenvalue weighted by Crippen LogP contribution is 2.59. The van der Waals surface area contributed by atoms with Crippen molar-refractivity contribution >= 4 is 22.3 Å². The summed E-state index contributed by atoms with van der Waals surface area (Å²) in [5.74, 6) is -0.105. The lowest BCUT2D eigenvalue weighted by molar-refractivity contribution is 0.717. The van der Waals surface area contributed by atoms with Gasteiger partial charge in [0.15, 0.2) is 0 Å². The summed E-state index contributed by atoms with van der Waals surface area (Å²) in [5.41, 5.74) is 31.0. The molecule has 0 atom stereocenters. The van der Waals surface area contributed by atoms with Crippen LogP contribution in [0.4, 0.5) is 0 Å². The molecule has 0 N–H and O–H groups in total. The van der Waals surface area contributed by atoms with Crippen LogP contribution in [-0.2, 0) is 32.1 Å². The van der Waals surface area contributed by atoms with E-state index in [1.54, 1.807) is 0 Å². The summed E-state index contributed by atoms with van der Waals surface area (Å²) in [7, 11) is 0. The Morgan fingerprint density at radius 3 is 0.544 bits per heavy atom. The van der Waals surface area contributed by atoms with E-state index in [0.29, 0.717) is 0 Å². The van der Waals surface area contributed by atoms with Gasteiger partial charge in [-0.05, 0) is 198 Å². The van der Waals surface area contributed by atoms with Crippen LogP contribution < -0.4 is 0 Å². The first-order chi connectivity index (χ1) is 44.4. The summed E-state index contributed by atoms with van der Waals surface area (Å²) >= 11 is 0. The normalized spacial score (nSPS) is 12.6. The van der Waals surface area contributed by atoms with Crippen LogP contribution in [0.5, 0.6) is 0 Å². The third kappa shape index (κ3) is 15.8. The third-order valence-corrected chi connectivity index (χ3v) is 19.1. The van der Waals surface area contributed by atoms with Gasteiger partial charge in [-0.25, -0.2) is 0 Å². The average Bonchev–Trinajstić information content (AvgIpc) is 1.69. The van der Waals surface area contributed by atoms with Gasteiger partial charge in [-0.1, -0.05) is 341 Å². The molecule has 11 rings (SSSR count). The molecule has 0 heteroatoms. The fourth-order valence-corrected chi connectivity index (χ4v) is 13.7. The van der Waals surface area contributed by atoms with Crippen LogP contribution in [0.3, 0.4) is 0 Å². The monoisotopic (exact) mass is 1180 g/mol. The summed E-state index contributed by atoms with van der Waals surface area (Å²) < 4.78 is 0. The molecule has 0 unspecified atom stereocenters. The number of hydrogen-bond donors (Lipinski definition) is 0. The number of hydrogen-bond acceptors (Lipinski definition) is 0. The van der Waals surface area contributed by atoms with E-state index in [0.717, 1.165) is 32.1 Å². The van der Waals surface area contributed by atoms with Crippen molar-refractivity contribution in [3.05, 3.63) is 298 Å². The zero-order valence-corrected chi connectivity index (χ0v) is 54.8. The molecule has 0 amide bonds. The third-order valence-electron chi connectivity index (χ3n) is 19.1. The van der Waals surface area contributed by atoms with Crippen molar-refractivity contribution in [2.24, 2.45) is 0 Å². The van der Waals surface area contributed by atoms with Gasteiger partial charge in [0.1, 0.15) is 0 Å². The quantitative estimate of drug-likeness (QED) is 0.0394. The van der Waals surface area contributed by atoms with E-state index in [4.69, 9.17) is 0 Å². The second-order valence-corrected chi connectivity index (χ2v) is 25.7. The fraction of sp³-hybridized carbons (Fsp3) is 0.289. The minimum Gasteiger partial charge on any atom is -0.0654 e. The van der Waals surface area contributed by atoms with Crippen LogP contribution in [0.25, 0.3) is 77.9 Å². The van der Waals surface area contributed by atoms with Crippen LogP contribution in [0.15, 0.2) is 243 Å². The Bertz CT molecular complexity index is 3660. The lowest BCUT2D eigenvalue weighted by atomic mass is 9.80. The van der Waals surface area contributed by atoms with Gasteiger partial charge in [0.25, 0.3) is 0 Å². The number of allylic oxidation sites excluding steroid dienone is 4. The van der Waals surface area contributed by atoms with Crippen molar-refractivity contribution in [2.75, 3.05) is 0 Å². The molecule has 0 radical (unpaired) electrons. The summed E-state index contributed by atoms with van der Waals surface area (Å²) in [6, 6.07) is 94.7. The number of unbranched alkanes of at least 4 members (excludes halogenated alkanes) is 10. The van der Waals surface area contributed by atoms with Crippen molar-refractivity contribution in [3.8, 4) is 55.6 Å². The summed E-state index contributed by atoms with van der Waals surface area (Å²) in [6.07, 6.45) is 24.4. The van der Waals surface area contributed by atoms with Crippen molar-refractivity contribution in [3.63, 3.8) is 0 Å². The maximum absolute atomic E-state index is 2.44. The van der Waals surface area contributed by atoms with Gasteiger partial charge >= 0.3 is 0 Å². The second kappa shape index (κ2) is 31.9. The second-order valence-electron chi connectivity index (χ2n) is 25.7. The van der Waals surface area contributed by atoms with Gasteiger partial charge in [0.2, 0.25) is 0 Å². The number of rotatable bonds is 30. The molecule has 10 aromatic carbocycles. The van der Waals surface area contributed by atoms with E-state index >= 15 is 0 Å². The molecule has 1 aliphatic carbocycles. The average molecular weight is 1180 g/mol. The lowest BCUT2D eigenvalue weighted by Crippen LogP contribution is -2.04. The van der Waals surface area contributed by atoms with Gasteiger partial charge in [-0.2, -0.15) is 0 Å². The van der Waals surface area contributed by atoms with Crippen LogP contribution >= 0.6 is 0 Å². The Morgan fingerprint density at radius 1 is 0.178 bits per heavy atom. The fourth-order valence-electron chi connectivity index (χ4n) is 13.7. The molecule has 456 valence electrons. The molecule has 1 aliphatic rings. The summed E-state index contributed by atoms with van der Waals surface area (Å²) in [4.78, 5) is 0. The predicted molar refractivity (Wildman–Crippen MR) is 392 cm³/mol. The van der Waals surface area contributed by atoms with E-state index in [1.165, 1.54) is 230 Å². The Balaban J connectivity index is 1.09. The van der Waals surface area contributed by atoms with E-state index in [-0.39, 0.29) is 5.92 Å². The summed E-state index contributed by atoms with van der Waals surface area (Å²) in [6.45, 7) is 11.4.